The Hall–Kier alpha value is -4.50. The van der Waals surface area contributed by atoms with E-state index in [1.807, 2.05) is 0 Å². The van der Waals surface area contributed by atoms with Crippen molar-refractivity contribution in [3.63, 3.8) is 0 Å². The van der Waals surface area contributed by atoms with Gasteiger partial charge in [0.05, 0.1) is 5.69 Å². The second kappa shape index (κ2) is 9.03. The van der Waals surface area contributed by atoms with Gasteiger partial charge in [-0.15, -0.1) is 4.40 Å². The van der Waals surface area contributed by atoms with Gasteiger partial charge in [0.1, 0.15) is 16.5 Å². The number of amides is 1. The molecule has 5 rings (SSSR count). The molecule has 0 bridgehead atoms. The average Bonchev–Trinajstić information content (AvgIpc) is 3.10. The lowest BCUT2D eigenvalue weighted by atomic mass is 10.1. The summed E-state index contributed by atoms with van der Waals surface area (Å²) < 4.78 is 47.5. The molecule has 0 unspecified atom stereocenters. The molecule has 0 aromatic heterocycles. The lowest BCUT2D eigenvalue weighted by molar-refractivity contribution is 0.102. The first-order valence-electron chi connectivity index (χ1n) is 10.5. The van der Waals surface area contributed by atoms with Gasteiger partial charge in [-0.3, -0.25) is 4.79 Å². The number of rotatable bonds is 5. The van der Waals surface area contributed by atoms with Gasteiger partial charge in [0, 0.05) is 22.9 Å². The van der Waals surface area contributed by atoms with Crippen LogP contribution in [-0.4, -0.2) is 20.2 Å². The zero-order valence-electron chi connectivity index (χ0n) is 18.1. The summed E-state index contributed by atoms with van der Waals surface area (Å²) in [4.78, 5) is 13.0. The number of hydrogen-bond donors (Lipinski definition) is 2. The number of halogens is 1. The summed E-state index contributed by atoms with van der Waals surface area (Å²) in [5.41, 5.74) is 1.86. The van der Waals surface area contributed by atoms with Crippen molar-refractivity contribution < 1.29 is 22.3 Å². The summed E-state index contributed by atoms with van der Waals surface area (Å²) in [6, 6.07) is 25.6. The van der Waals surface area contributed by atoms with E-state index in [1.54, 1.807) is 72.8 Å². The topological polar surface area (TPSA) is 96.9 Å². The van der Waals surface area contributed by atoms with Gasteiger partial charge >= 0.3 is 0 Å². The Labute approximate surface area is 201 Å². The van der Waals surface area contributed by atoms with Crippen LogP contribution in [0.5, 0.6) is 11.5 Å². The minimum Gasteiger partial charge on any atom is -0.455 e. The number of carbonyl (C=O) groups is 1. The fourth-order valence-electron chi connectivity index (χ4n) is 3.55. The van der Waals surface area contributed by atoms with Gasteiger partial charge < -0.3 is 15.4 Å². The van der Waals surface area contributed by atoms with E-state index in [-0.39, 0.29) is 16.6 Å². The number of amidine groups is 1. The molecule has 9 heteroatoms. The van der Waals surface area contributed by atoms with E-state index in [0.717, 1.165) is 0 Å². The predicted molar refractivity (Wildman–Crippen MR) is 131 cm³/mol. The Kier molecular flexibility index (Phi) is 5.76. The smallest absolute Gasteiger partial charge is 0.285 e. The quantitative estimate of drug-likeness (QED) is 0.391. The molecular weight excluding hydrogens is 469 g/mol. The van der Waals surface area contributed by atoms with Crippen LogP contribution >= 0.6 is 0 Å². The molecule has 174 valence electrons. The lowest BCUT2D eigenvalue weighted by Crippen LogP contribution is -2.14. The van der Waals surface area contributed by atoms with E-state index in [1.165, 1.54) is 24.3 Å². The molecule has 0 saturated carbocycles. The Bertz CT molecular complexity index is 1570. The van der Waals surface area contributed by atoms with Crippen molar-refractivity contribution in [3.8, 4) is 11.5 Å². The predicted octanol–water partition coefficient (Wildman–Crippen LogP) is 5.43. The van der Waals surface area contributed by atoms with E-state index < -0.39 is 15.8 Å². The number of benzene rings is 4. The molecule has 0 aliphatic carbocycles. The van der Waals surface area contributed by atoms with Crippen LogP contribution in [0.4, 0.5) is 15.8 Å². The summed E-state index contributed by atoms with van der Waals surface area (Å²) >= 11 is 0. The molecule has 4 aromatic rings. The number of ether oxygens (including phenoxy) is 1. The Morgan fingerprint density at radius 3 is 2.40 bits per heavy atom. The van der Waals surface area contributed by atoms with Crippen LogP contribution in [0, 0.1) is 5.82 Å². The highest BCUT2D eigenvalue weighted by atomic mass is 32.2. The zero-order valence-corrected chi connectivity index (χ0v) is 18.9. The van der Waals surface area contributed by atoms with Gasteiger partial charge in [-0.1, -0.05) is 30.3 Å². The molecule has 1 amide bonds. The van der Waals surface area contributed by atoms with Crippen LogP contribution in [-0.2, 0) is 10.0 Å². The monoisotopic (exact) mass is 487 g/mol. The van der Waals surface area contributed by atoms with E-state index >= 15 is 0 Å². The molecule has 2 N–H and O–H groups in total. The standard InChI is InChI=1S/C26H18FN3O4S/c27-18-6-5-7-20(16-18)34-23-10-3-2-9-22(23)29-26(31)17-12-14-19(15-13-17)28-25-21-8-1-4-11-24(21)35(32,33)30-25/h1-16H,(H,28,30)(H,29,31). The van der Waals surface area contributed by atoms with Crippen molar-refractivity contribution in [2.75, 3.05) is 10.6 Å². The van der Waals surface area contributed by atoms with Gasteiger partial charge in [-0.25, -0.2) is 4.39 Å². The van der Waals surface area contributed by atoms with Crippen LogP contribution < -0.4 is 15.4 Å². The van der Waals surface area contributed by atoms with Crippen LogP contribution in [0.3, 0.4) is 0 Å². The number of carbonyl (C=O) groups excluding carboxylic acids is 1. The summed E-state index contributed by atoms with van der Waals surface area (Å²) in [5, 5.41) is 5.79. The van der Waals surface area contributed by atoms with E-state index in [4.69, 9.17) is 4.74 Å². The van der Waals surface area contributed by atoms with E-state index in [9.17, 15) is 17.6 Å². The third kappa shape index (κ3) is 4.75. The van der Waals surface area contributed by atoms with Gasteiger partial charge in [0.2, 0.25) is 0 Å². The van der Waals surface area contributed by atoms with Crippen LogP contribution in [0.15, 0.2) is 106 Å². The molecule has 0 radical (unpaired) electrons. The van der Waals surface area contributed by atoms with Crippen molar-refractivity contribution in [1.29, 1.82) is 0 Å². The minimum atomic E-state index is -3.73. The number of hydrogen-bond acceptors (Lipinski definition) is 5. The zero-order chi connectivity index (χ0) is 24.4. The summed E-state index contributed by atoms with van der Waals surface area (Å²) in [6.07, 6.45) is 0. The highest BCUT2D eigenvalue weighted by Gasteiger charge is 2.28. The normalized spacial score (nSPS) is 13.5. The first-order valence-corrected chi connectivity index (χ1v) is 12.0. The maximum absolute atomic E-state index is 13.5. The summed E-state index contributed by atoms with van der Waals surface area (Å²) in [6.45, 7) is 0. The maximum Gasteiger partial charge on any atom is 0.285 e. The van der Waals surface area contributed by atoms with Gasteiger partial charge in [-0.2, -0.15) is 8.42 Å². The van der Waals surface area contributed by atoms with Crippen molar-refractivity contribution in [1.82, 2.24) is 0 Å². The maximum atomic E-state index is 13.5. The number of sulfonamides is 1. The molecule has 1 heterocycles. The van der Waals surface area contributed by atoms with E-state index in [2.05, 4.69) is 15.0 Å². The SMILES string of the molecule is O=C(Nc1ccccc1Oc1cccc(F)c1)c1ccc(NC2=NS(=O)(=O)c3ccccc32)cc1. The highest BCUT2D eigenvalue weighted by Crippen LogP contribution is 2.30. The Balaban J connectivity index is 1.30. The van der Waals surface area contributed by atoms with Gasteiger partial charge in [0.15, 0.2) is 11.6 Å². The number of anilines is 2. The second-order valence-corrected chi connectivity index (χ2v) is 9.20. The largest absolute Gasteiger partial charge is 0.455 e. The van der Waals surface area contributed by atoms with E-state index in [0.29, 0.717) is 34.0 Å². The van der Waals surface area contributed by atoms with Crippen LogP contribution in [0.25, 0.3) is 0 Å². The Morgan fingerprint density at radius 1 is 0.857 bits per heavy atom. The molecule has 1 aliphatic rings. The summed E-state index contributed by atoms with van der Waals surface area (Å²) in [7, 11) is -3.73. The fourth-order valence-corrected chi connectivity index (χ4v) is 4.72. The molecule has 0 saturated heterocycles. The fraction of sp³-hybridized carbons (Fsp3) is 0. The number of nitrogens with one attached hydrogen (secondary N) is 2. The van der Waals surface area contributed by atoms with Gasteiger partial charge in [0.25, 0.3) is 15.9 Å². The van der Waals surface area contributed by atoms with Crippen molar-refractivity contribution in [3.05, 3.63) is 114 Å². The number of para-hydroxylation sites is 2. The Morgan fingerprint density at radius 2 is 1.60 bits per heavy atom. The first-order chi connectivity index (χ1) is 16.9. The molecule has 1 aliphatic heterocycles. The van der Waals surface area contributed by atoms with Crippen molar-refractivity contribution in [2.24, 2.45) is 4.40 Å². The molecule has 0 fully saturated rings. The molecule has 0 spiro atoms. The molecule has 7 nitrogen and oxygen atoms in total. The highest BCUT2D eigenvalue weighted by molar-refractivity contribution is 7.90. The first kappa shape index (κ1) is 22.3. The number of nitrogens with zero attached hydrogens (tertiary/aromatic N) is 1. The molecule has 0 atom stereocenters. The third-order valence-corrected chi connectivity index (χ3v) is 6.54. The number of fused-ring (bicyclic) bond motifs is 1. The summed E-state index contributed by atoms with van der Waals surface area (Å²) in [5.74, 6) is 0.0889. The lowest BCUT2D eigenvalue weighted by Gasteiger charge is -2.13. The molecular formula is C26H18FN3O4S. The van der Waals surface area contributed by atoms with Crippen LogP contribution in [0.1, 0.15) is 15.9 Å². The average molecular weight is 488 g/mol. The second-order valence-electron chi connectivity index (χ2n) is 7.62. The molecule has 4 aromatic carbocycles. The van der Waals surface area contributed by atoms with Crippen molar-refractivity contribution >= 4 is 33.1 Å². The third-order valence-electron chi connectivity index (χ3n) is 5.20. The van der Waals surface area contributed by atoms with Crippen LogP contribution in [0.2, 0.25) is 0 Å². The molecule has 35 heavy (non-hydrogen) atoms. The minimum absolute atomic E-state index is 0.151. The van der Waals surface area contributed by atoms with Gasteiger partial charge in [-0.05, 0) is 60.7 Å². The van der Waals surface area contributed by atoms with Crippen molar-refractivity contribution in [2.45, 2.75) is 4.90 Å².